The normalized spacial score (nSPS) is 10.1. The number of hydrogen-bond acceptors (Lipinski definition) is 2. The molecule has 0 aliphatic rings. The van der Waals surface area contributed by atoms with Gasteiger partial charge >= 0.3 is 37.7 Å². The van der Waals surface area contributed by atoms with Crippen molar-refractivity contribution in [2.24, 2.45) is 7.05 Å². The maximum Gasteiger partial charge on any atom is 2.00 e. The van der Waals surface area contributed by atoms with E-state index < -0.39 is 5.78 Å². The van der Waals surface area contributed by atoms with Crippen LogP contribution in [0, 0.1) is 6.92 Å². The van der Waals surface area contributed by atoms with Crippen molar-refractivity contribution in [3.8, 4) is 0 Å². The third-order valence-corrected chi connectivity index (χ3v) is 3.18. The molecule has 0 bridgehead atoms. The first-order valence-electron chi connectivity index (χ1n) is 5.17. The predicted octanol–water partition coefficient (Wildman–Crippen LogP) is 2.18. The number of nitrogens with one attached hydrogen (secondary N) is 1. The number of carbonyl (C=O) groups is 1. The molecule has 19 heavy (non-hydrogen) atoms. The molecule has 0 aliphatic heterocycles. The second-order valence-corrected chi connectivity index (χ2v) is 4.77. The SMILES string of the molecule is Cc1[nH]n(C)c(=O)c1C(=O)c1ccc(Cl)cc1Cl.[Ca+2]. The molecule has 94 valence electrons. The zero-order chi connectivity index (χ0) is 13.4. The van der Waals surface area contributed by atoms with E-state index in [-0.39, 0.29) is 59.4 Å². The van der Waals surface area contributed by atoms with Crippen molar-refractivity contribution >= 4 is 66.7 Å². The minimum absolute atomic E-state index is 0. The van der Waals surface area contributed by atoms with Crippen molar-refractivity contribution in [1.82, 2.24) is 9.78 Å². The van der Waals surface area contributed by atoms with Gasteiger partial charge < -0.3 is 0 Å². The number of nitrogens with zero attached hydrogens (tertiary/aromatic N) is 1. The molecule has 0 atom stereocenters. The van der Waals surface area contributed by atoms with Crippen LogP contribution in [0.25, 0.3) is 0 Å². The van der Waals surface area contributed by atoms with Crippen LogP contribution in [0.2, 0.25) is 10.0 Å². The summed E-state index contributed by atoms with van der Waals surface area (Å²) < 4.78 is 1.26. The molecule has 0 fully saturated rings. The third-order valence-electron chi connectivity index (χ3n) is 2.63. The van der Waals surface area contributed by atoms with Gasteiger partial charge in [0.1, 0.15) is 5.56 Å². The predicted molar refractivity (Wildman–Crippen MR) is 76.4 cm³/mol. The van der Waals surface area contributed by atoms with Crippen molar-refractivity contribution in [2.75, 3.05) is 0 Å². The van der Waals surface area contributed by atoms with E-state index in [9.17, 15) is 9.59 Å². The van der Waals surface area contributed by atoms with E-state index >= 15 is 0 Å². The van der Waals surface area contributed by atoms with Crippen LogP contribution < -0.4 is 5.56 Å². The van der Waals surface area contributed by atoms with Crippen molar-refractivity contribution in [2.45, 2.75) is 6.92 Å². The van der Waals surface area contributed by atoms with Gasteiger partial charge in [-0.25, -0.2) is 0 Å². The summed E-state index contributed by atoms with van der Waals surface area (Å²) in [6, 6.07) is 4.55. The molecule has 0 aliphatic carbocycles. The molecule has 7 heteroatoms. The average Bonchev–Trinajstić information content (AvgIpc) is 2.52. The standard InChI is InChI=1S/C12H10Cl2N2O2.Ca/c1-6-10(12(18)16(2)15-6)11(17)8-4-3-7(13)5-9(8)14;/h3-5,15H,1-2H3;/q;+2. The first-order valence-corrected chi connectivity index (χ1v) is 5.92. The molecule has 4 nitrogen and oxygen atoms in total. The number of halogens is 2. The van der Waals surface area contributed by atoms with Crippen molar-refractivity contribution in [3.63, 3.8) is 0 Å². The van der Waals surface area contributed by atoms with Gasteiger partial charge in [0.15, 0.2) is 0 Å². The van der Waals surface area contributed by atoms with E-state index in [1.54, 1.807) is 20.0 Å². The molecule has 1 N–H and O–H groups in total. The Morgan fingerprint density at radius 3 is 2.42 bits per heavy atom. The van der Waals surface area contributed by atoms with Crippen LogP contribution in [-0.4, -0.2) is 53.3 Å². The summed E-state index contributed by atoms with van der Waals surface area (Å²) in [5.41, 5.74) is 0.504. The molecule has 0 saturated carbocycles. The zero-order valence-corrected chi connectivity index (χ0v) is 14.2. The largest absolute Gasteiger partial charge is 2.00 e. The fourth-order valence-electron chi connectivity index (χ4n) is 1.76. The Labute approximate surface area is 149 Å². The zero-order valence-electron chi connectivity index (χ0n) is 10.5. The number of aromatic nitrogens is 2. The van der Waals surface area contributed by atoms with Crippen LogP contribution in [0.3, 0.4) is 0 Å². The van der Waals surface area contributed by atoms with Gasteiger partial charge in [0.05, 0.1) is 5.02 Å². The molecule has 2 aromatic rings. The smallest absolute Gasteiger partial charge is 0.299 e. The molecular formula is C12H10CaCl2N2O2+2. The Morgan fingerprint density at radius 1 is 1.32 bits per heavy atom. The number of carbonyl (C=O) groups excluding carboxylic acids is 1. The van der Waals surface area contributed by atoms with E-state index in [0.717, 1.165) is 0 Å². The minimum Gasteiger partial charge on any atom is -0.299 e. The molecular weight excluding hydrogens is 315 g/mol. The van der Waals surface area contributed by atoms with Gasteiger partial charge in [-0.15, -0.1) is 0 Å². The molecule has 0 saturated heterocycles. The fourth-order valence-corrected chi connectivity index (χ4v) is 2.26. The van der Waals surface area contributed by atoms with Crippen LogP contribution in [0.5, 0.6) is 0 Å². The number of aromatic amines is 1. The first-order chi connectivity index (χ1) is 8.41. The second kappa shape index (κ2) is 6.46. The molecule has 2 rings (SSSR count). The monoisotopic (exact) mass is 324 g/mol. The minimum atomic E-state index is -0.406. The number of benzene rings is 1. The van der Waals surface area contributed by atoms with Gasteiger partial charge in [0.25, 0.3) is 5.56 Å². The van der Waals surface area contributed by atoms with Crippen molar-refractivity contribution in [3.05, 3.63) is 55.4 Å². The maximum absolute atomic E-state index is 12.3. The molecule has 1 heterocycles. The van der Waals surface area contributed by atoms with Crippen LogP contribution in [0.15, 0.2) is 23.0 Å². The Balaban J connectivity index is 0.00000180. The van der Waals surface area contributed by atoms with Gasteiger partial charge in [-0.1, -0.05) is 23.2 Å². The summed E-state index contributed by atoms with van der Waals surface area (Å²) >= 11 is 11.7. The van der Waals surface area contributed by atoms with E-state index in [1.165, 1.54) is 16.8 Å². The average molecular weight is 325 g/mol. The molecule has 0 spiro atoms. The van der Waals surface area contributed by atoms with E-state index in [0.29, 0.717) is 10.7 Å². The summed E-state index contributed by atoms with van der Waals surface area (Å²) in [6.45, 7) is 1.67. The molecule has 0 amide bonds. The van der Waals surface area contributed by atoms with E-state index in [1.807, 2.05) is 0 Å². The summed E-state index contributed by atoms with van der Waals surface area (Å²) in [4.78, 5) is 24.1. The van der Waals surface area contributed by atoms with Crippen LogP contribution in [-0.2, 0) is 7.05 Å². The Bertz CT molecular complexity index is 692. The number of H-pyrrole nitrogens is 1. The Hall–Kier alpha value is -0.260. The van der Waals surface area contributed by atoms with Crippen molar-refractivity contribution in [1.29, 1.82) is 0 Å². The van der Waals surface area contributed by atoms with Gasteiger partial charge in [-0.2, -0.15) is 0 Å². The quantitative estimate of drug-likeness (QED) is 0.680. The molecule has 1 aromatic heterocycles. The van der Waals surface area contributed by atoms with Crippen LogP contribution in [0.1, 0.15) is 21.6 Å². The summed E-state index contributed by atoms with van der Waals surface area (Å²) in [5, 5.41) is 3.44. The molecule has 0 radical (unpaired) electrons. The Kier molecular flexibility index (Phi) is 5.71. The topological polar surface area (TPSA) is 54.9 Å². The second-order valence-electron chi connectivity index (χ2n) is 3.93. The van der Waals surface area contributed by atoms with Gasteiger partial charge in [0, 0.05) is 23.3 Å². The number of hydrogen-bond donors (Lipinski definition) is 1. The Morgan fingerprint density at radius 2 is 1.95 bits per heavy atom. The third kappa shape index (κ3) is 3.26. The van der Waals surface area contributed by atoms with E-state index in [4.69, 9.17) is 23.2 Å². The first kappa shape index (κ1) is 16.8. The van der Waals surface area contributed by atoms with Crippen molar-refractivity contribution < 1.29 is 4.79 Å². The van der Waals surface area contributed by atoms with Crippen LogP contribution >= 0.6 is 23.2 Å². The van der Waals surface area contributed by atoms with E-state index in [2.05, 4.69) is 5.10 Å². The molecule has 0 unspecified atom stereocenters. The number of aryl methyl sites for hydroxylation is 2. The maximum atomic E-state index is 12.3. The number of rotatable bonds is 2. The fraction of sp³-hybridized carbons (Fsp3) is 0.167. The van der Waals surface area contributed by atoms with Gasteiger partial charge in [0.2, 0.25) is 5.78 Å². The summed E-state index contributed by atoms with van der Waals surface area (Å²) in [7, 11) is 1.55. The van der Waals surface area contributed by atoms with Gasteiger partial charge in [-0.05, 0) is 25.1 Å². The van der Waals surface area contributed by atoms with Gasteiger partial charge in [-0.3, -0.25) is 19.4 Å². The summed E-state index contributed by atoms with van der Waals surface area (Å²) in [5.74, 6) is -0.406. The summed E-state index contributed by atoms with van der Waals surface area (Å²) in [6.07, 6.45) is 0. The molecule has 1 aromatic carbocycles. The number of ketones is 1. The van der Waals surface area contributed by atoms with Crippen LogP contribution in [0.4, 0.5) is 0 Å².